The first-order valence-electron chi connectivity index (χ1n) is 5.40. The number of aliphatic imine (C=N–C) groups is 1. The molecule has 0 amide bonds. The third-order valence-electron chi connectivity index (χ3n) is 3.45. The maximum atomic E-state index is 5.91. The number of hydrogen-bond donors (Lipinski definition) is 1. The summed E-state index contributed by atoms with van der Waals surface area (Å²) in [5.41, 5.74) is 6.96. The Kier molecular flexibility index (Phi) is 2.80. The summed E-state index contributed by atoms with van der Waals surface area (Å²) in [4.78, 5) is 6.38. The molecule has 16 heavy (non-hydrogen) atoms. The van der Waals surface area contributed by atoms with E-state index in [1.807, 2.05) is 19.2 Å². The zero-order valence-corrected chi connectivity index (χ0v) is 10.3. The second-order valence-electron chi connectivity index (χ2n) is 4.13. The highest BCUT2D eigenvalue weighted by Crippen LogP contribution is 2.35. The third kappa shape index (κ3) is 1.55. The average molecular weight is 238 g/mol. The molecule has 0 radical (unpaired) electrons. The van der Waals surface area contributed by atoms with Gasteiger partial charge in [-0.1, -0.05) is 30.7 Å². The zero-order chi connectivity index (χ0) is 11.8. The molecule has 0 saturated carbocycles. The lowest BCUT2D eigenvalue weighted by Crippen LogP contribution is -2.46. The van der Waals surface area contributed by atoms with Crippen molar-refractivity contribution in [3.63, 3.8) is 0 Å². The van der Waals surface area contributed by atoms with E-state index in [1.165, 1.54) is 5.56 Å². The molecule has 0 saturated heterocycles. The summed E-state index contributed by atoms with van der Waals surface area (Å²) in [5, 5.41) is 0.754. The highest BCUT2D eigenvalue weighted by atomic mass is 35.5. The Labute approximate surface area is 101 Å². The van der Waals surface area contributed by atoms with Gasteiger partial charge in [-0.3, -0.25) is 4.99 Å². The van der Waals surface area contributed by atoms with Gasteiger partial charge in [0.2, 0.25) is 0 Å². The van der Waals surface area contributed by atoms with E-state index in [2.05, 4.69) is 28.9 Å². The van der Waals surface area contributed by atoms with E-state index in [1.54, 1.807) is 0 Å². The quantitative estimate of drug-likeness (QED) is 0.857. The van der Waals surface area contributed by atoms with E-state index in [9.17, 15) is 0 Å². The van der Waals surface area contributed by atoms with Crippen LogP contribution >= 0.6 is 11.6 Å². The molecule has 4 heteroatoms. The van der Waals surface area contributed by atoms with Crippen LogP contribution in [0.3, 0.4) is 0 Å². The molecule has 3 nitrogen and oxygen atoms in total. The molecular weight excluding hydrogens is 222 g/mol. The van der Waals surface area contributed by atoms with Crippen molar-refractivity contribution in [3.8, 4) is 0 Å². The predicted octanol–water partition coefficient (Wildman–Crippen LogP) is 2.21. The fraction of sp³-hybridized carbons (Fsp3) is 0.417. The van der Waals surface area contributed by atoms with Gasteiger partial charge in [0.25, 0.3) is 0 Å². The lowest BCUT2D eigenvalue weighted by molar-refractivity contribution is 0.230. The van der Waals surface area contributed by atoms with E-state index in [0.29, 0.717) is 12.5 Å². The molecule has 2 N–H and O–H groups in total. The molecule has 86 valence electrons. The molecule has 1 aliphatic heterocycles. The van der Waals surface area contributed by atoms with E-state index < -0.39 is 0 Å². The minimum atomic E-state index is -0.103. The van der Waals surface area contributed by atoms with Crippen LogP contribution in [0.5, 0.6) is 0 Å². The van der Waals surface area contributed by atoms with Crippen molar-refractivity contribution in [3.05, 3.63) is 34.9 Å². The molecule has 0 aromatic heterocycles. The largest absolute Gasteiger partial charge is 0.370 e. The molecule has 1 heterocycles. The van der Waals surface area contributed by atoms with Gasteiger partial charge in [0.15, 0.2) is 5.96 Å². The number of nitrogens with zero attached hydrogens (tertiary/aromatic N) is 2. The summed E-state index contributed by atoms with van der Waals surface area (Å²) in [6, 6.07) is 7.93. The van der Waals surface area contributed by atoms with Gasteiger partial charge in [0.1, 0.15) is 0 Å². The Hall–Kier alpha value is -1.22. The third-order valence-corrected chi connectivity index (χ3v) is 3.71. The zero-order valence-electron chi connectivity index (χ0n) is 9.57. The first-order chi connectivity index (χ1) is 7.60. The van der Waals surface area contributed by atoms with Crippen LogP contribution in [-0.2, 0) is 5.54 Å². The Balaban J connectivity index is 2.40. The summed E-state index contributed by atoms with van der Waals surface area (Å²) < 4.78 is 0. The first-order valence-corrected chi connectivity index (χ1v) is 5.78. The van der Waals surface area contributed by atoms with E-state index >= 15 is 0 Å². The number of guanidine groups is 1. The number of likely N-dealkylation sites (N-methyl/N-ethyl adjacent to an activating group) is 1. The van der Waals surface area contributed by atoms with Crippen LogP contribution in [0, 0.1) is 0 Å². The van der Waals surface area contributed by atoms with Crippen molar-refractivity contribution in [1.29, 1.82) is 0 Å². The number of rotatable bonds is 2. The van der Waals surface area contributed by atoms with Crippen molar-refractivity contribution >= 4 is 17.6 Å². The Morgan fingerprint density at radius 3 is 2.50 bits per heavy atom. The highest BCUT2D eigenvalue weighted by Gasteiger charge is 2.39. The van der Waals surface area contributed by atoms with Gasteiger partial charge >= 0.3 is 0 Å². The summed E-state index contributed by atoms with van der Waals surface area (Å²) in [6.07, 6.45) is 0.968. The lowest BCUT2D eigenvalue weighted by atomic mass is 9.87. The van der Waals surface area contributed by atoms with E-state index in [-0.39, 0.29) is 5.54 Å². The SMILES string of the molecule is CCC1(c2ccc(Cl)cc2)CN=C(N)N1C. The molecule has 0 aliphatic carbocycles. The molecule has 0 spiro atoms. The van der Waals surface area contributed by atoms with Gasteiger partial charge in [-0.25, -0.2) is 0 Å². The molecule has 0 fully saturated rings. The summed E-state index contributed by atoms with van der Waals surface area (Å²) >= 11 is 5.91. The van der Waals surface area contributed by atoms with E-state index in [4.69, 9.17) is 17.3 Å². The van der Waals surface area contributed by atoms with Crippen LogP contribution in [-0.4, -0.2) is 24.5 Å². The van der Waals surface area contributed by atoms with Gasteiger partial charge < -0.3 is 10.6 Å². The Bertz CT molecular complexity index is 413. The highest BCUT2D eigenvalue weighted by molar-refractivity contribution is 6.30. The molecule has 1 aliphatic rings. The first kappa shape index (κ1) is 11.3. The van der Waals surface area contributed by atoms with E-state index in [0.717, 1.165) is 11.4 Å². The van der Waals surface area contributed by atoms with Crippen LogP contribution in [0.25, 0.3) is 0 Å². The Morgan fingerprint density at radius 1 is 1.44 bits per heavy atom. The summed E-state index contributed by atoms with van der Waals surface area (Å²) in [6.45, 7) is 2.87. The second kappa shape index (κ2) is 3.98. The maximum absolute atomic E-state index is 5.91. The van der Waals surface area contributed by atoms with Crippen molar-refractivity contribution < 1.29 is 0 Å². The van der Waals surface area contributed by atoms with Crippen molar-refractivity contribution in [2.75, 3.05) is 13.6 Å². The fourth-order valence-corrected chi connectivity index (χ4v) is 2.37. The fourth-order valence-electron chi connectivity index (χ4n) is 2.24. The van der Waals surface area contributed by atoms with Crippen molar-refractivity contribution in [2.45, 2.75) is 18.9 Å². The second-order valence-corrected chi connectivity index (χ2v) is 4.56. The van der Waals surface area contributed by atoms with Crippen LogP contribution in [0.4, 0.5) is 0 Å². The van der Waals surface area contributed by atoms with Gasteiger partial charge in [-0.2, -0.15) is 0 Å². The van der Waals surface area contributed by atoms with Crippen LogP contribution in [0.1, 0.15) is 18.9 Å². The topological polar surface area (TPSA) is 41.6 Å². The normalized spacial score (nSPS) is 24.7. The Morgan fingerprint density at radius 2 is 2.06 bits per heavy atom. The average Bonchev–Trinajstić information content (AvgIpc) is 2.59. The van der Waals surface area contributed by atoms with Crippen molar-refractivity contribution in [2.24, 2.45) is 10.7 Å². The monoisotopic (exact) mass is 237 g/mol. The number of benzene rings is 1. The van der Waals surface area contributed by atoms with Gasteiger partial charge in [0.05, 0.1) is 12.1 Å². The van der Waals surface area contributed by atoms with Gasteiger partial charge in [-0.05, 0) is 24.1 Å². The molecule has 1 aromatic carbocycles. The van der Waals surface area contributed by atoms with Gasteiger partial charge in [0, 0.05) is 12.1 Å². The molecular formula is C12H16ClN3. The smallest absolute Gasteiger partial charge is 0.191 e. The molecule has 1 aromatic rings. The minimum absolute atomic E-state index is 0.103. The van der Waals surface area contributed by atoms with Crippen molar-refractivity contribution in [1.82, 2.24) is 4.90 Å². The molecule has 0 bridgehead atoms. The lowest BCUT2D eigenvalue weighted by Gasteiger charge is -2.36. The van der Waals surface area contributed by atoms with Crippen LogP contribution < -0.4 is 5.73 Å². The summed E-state index contributed by atoms with van der Waals surface area (Å²) in [5.74, 6) is 0.608. The number of hydrogen-bond acceptors (Lipinski definition) is 3. The van der Waals surface area contributed by atoms with Crippen LogP contribution in [0.2, 0.25) is 5.02 Å². The van der Waals surface area contributed by atoms with Crippen LogP contribution in [0.15, 0.2) is 29.3 Å². The van der Waals surface area contributed by atoms with Gasteiger partial charge in [-0.15, -0.1) is 0 Å². The number of nitrogens with two attached hydrogens (primary N) is 1. The molecule has 1 atom stereocenters. The minimum Gasteiger partial charge on any atom is -0.370 e. The molecule has 1 unspecified atom stereocenters. The maximum Gasteiger partial charge on any atom is 0.191 e. The predicted molar refractivity (Wildman–Crippen MR) is 67.7 cm³/mol. The standard InChI is InChI=1S/C12H16ClN3/c1-3-12(8-15-11(14)16(12)2)9-4-6-10(13)7-5-9/h4-7H,3,8H2,1-2H3,(H2,14,15). The summed E-state index contributed by atoms with van der Waals surface area (Å²) in [7, 11) is 1.99. The molecule has 2 rings (SSSR count). The number of halogens is 1.